The van der Waals surface area contributed by atoms with Crippen molar-refractivity contribution in [3.63, 3.8) is 0 Å². The first-order valence-electron chi connectivity index (χ1n) is 7.37. The highest BCUT2D eigenvalue weighted by Gasteiger charge is 2.13. The van der Waals surface area contributed by atoms with Crippen molar-refractivity contribution in [3.05, 3.63) is 60.3 Å². The average Bonchev–Trinajstić information content (AvgIpc) is 2.92. The highest BCUT2D eigenvalue weighted by Crippen LogP contribution is 2.10. The van der Waals surface area contributed by atoms with Crippen LogP contribution in [0.2, 0.25) is 0 Å². The predicted molar refractivity (Wildman–Crippen MR) is 89.1 cm³/mol. The zero-order valence-corrected chi connectivity index (χ0v) is 13.1. The lowest BCUT2D eigenvalue weighted by atomic mass is 10.1. The van der Waals surface area contributed by atoms with Crippen LogP contribution in [0.5, 0.6) is 0 Å². The van der Waals surface area contributed by atoms with E-state index in [0.717, 1.165) is 5.56 Å². The lowest BCUT2D eigenvalue weighted by Gasteiger charge is -2.05. The minimum Gasteiger partial charge on any atom is -0.347 e. The Balaban J connectivity index is 1.91. The maximum atomic E-state index is 12.0. The first kappa shape index (κ1) is 16.5. The highest BCUT2D eigenvalue weighted by molar-refractivity contribution is 5.95. The van der Waals surface area contributed by atoms with Crippen molar-refractivity contribution in [1.29, 1.82) is 0 Å². The fraction of sp³-hybridized carbons (Fsp3) is 0.235. The summed E-state index contributed by atoms with van der Waals surface area (Å²) in [6.07, 6.45) is 2.62. The number of nitrogens with one attached hydrogen (secondary N) is 2. The molecule has 23 heavy (non-hydrogen) atoms. The van der Waals surface area contributed by atoms with Crippen LogP contribution in [0.15, 0.2) is 49.1 Å². The maximum Gasteiger partial charge on any atom is 0.272 e. The lowest BCUT2D eigenvalue weighted by Crippen LogP contribution is -2.23. The number of anilines is 1. The molecule has 0 atom stereocenters. The number of hydrogen-bond donors (Lipinski definition) is 2. The van der Waals surface area contributed by atoms with Crippen LogP contribution >= 0.6 is 0 Å². The summed E-state index contributed by atoms with van der Waals surface area (Å²) in [6.45, 7) is 3.91. The third-order valence-electron chi connectivity index (χ3n) is 3.27. The fourth-order valence-electron chi connectivity index (χ4n) is 2.06. The molecule has 0 unspecified atom stereocenters. The van der Waals surface area contributed by atoms with Gasteiger partial charge in [0.25, 0.3) is 5.91 Å². The van der Waals surface area contributed by atoms with Crippen molar-refractivity contribution in [2.45, 2.75) is 12.8 Å². The number of benzene rings is 1. The van der Waals surface area contributed by atoms with Crippen molar-refractivity contribution in [2.75, 3.05) is 11.9 Å². The van der Waals surface area contributed by atoms with Crippen molar-refractivity contribution in [1.82, 2.24) is 15.1 Å². The minimum atomic E-state index is -0.301. The van der Waals surface area contributed by atoms with Crippen molar-refractivity contribution < 1.29 is 9.59 Å². The predicted octanol–water partition coefficient (Wildman–Crippen LogP) is 1.91. The number of nitrogens with zero attached hydrogens (tertiary/aromatic N) is 2. The van der Waals surface area contributed by atoms with Crippen molar-refractivity contribution >= 4 is 17.6 Å². The summed E-state index contributed by atoms with van der Waals surface area (Å²) >= 11 is 0. The Morgan fingerprint density at radius 2 is 2.04 bits per heavy atom. The second-order valence-corrected chi connectivity index (χ2v) is 5.07. The van der Waals surface area contributed by atoms with Gasteiger partial charge in [-0.2, -0.15) is 5.10 Å². The third kappa shape index (κ3) is 4.81. The molecule has 2 aromatic rings. The first-order chi connectivity index (χ1) is 11.1. The molecule has 1 aromatic carbocycles. The van der Waals surface area contributed by atoms with Gasteiger partial charge >= 0.3 is 0 Å². The monoisotopic (exact) mass is 312 g/mol. The van der Waals surface area contributed by atoms with Gasteiger partial charge < -0.3 is 10.6 Å². The number of aromatic nitrogens is 2. The van der Waals surface area contributed by atoms with E-state index in [0.29, 0.717) is 25.2 Å². The van der Waals surface area contributed by atoms with Crippen LogP contribution in [0.4, 0.5) is 5.82 Å². The van der Waals surface area contributed by atoms with Crippen LogP contribution in [0.25, 0.3) is 0 Å². The number of aryl methyl sites for hydroxylation is 2. The highest BCUT2D eigenvalue weighted by atomic mass is 16.2. The summed E-state index contributed by atoms with van der Waals surface area (Å²) in [7, 11) is 1.68. The molecule has 0 aliphatic heterocycles. The van der Waals surface area contributed by atoms with E-state index in [1.807, 2.05) is 30.3 Å². The van der Waals surface area contributed by atoms with E-state index in [1.54, 1.807) is 19.2 Å². The molecule has 0 aliphatic carbocycles. The zero-order chi connectivity index (χ0) is 16.7. The van der Waals surface area contributed by atoms with Gasteiger partial charge in [-0.3, -0.25) is 14.3 Å². The minimum absolute atomic E-state index is 0.116. The molecule has 0 fully saturated rings. The zero-order valence-electron chi connectivity index (χ0n) is 13.1. The number of amides is 2. The maximum absolute atomic E-state index is 12.0. The quantitative estimate of drug-likeness (QED) is 0.767. The Hall–Kier alpha value is -2.89. The van der Waals surface area contributed by atoms with Crippen LogP contribution in [-0.2, 0) is 18.3 Å². The Morgan fingerprint density at radius 3 is 2.74 bits per heavy atom. The molecule has 0 saturated carbocycles. The van der Waals surface area contributed by atoms with E-state index in [-0.39, 0.29) is 17.5 Å². The summed E-state index contributed by atoms with van der Waals surface area (Å²) in [5.74, 6) is 0.0759. The molecular weight excluding hydrogens is 292 g/mol. The second kappa shape index (κ2) is 7.93. The van der Waals surface area contributed by atoms with Gasteiger partial charge in [-0.15, -0.1) is 6.58 Å². The topological polar surface area (TPSA) is 76.0 Å². The third-order valence-corrected chi connectivity index (χ3v) is 3.27. The van der Waals surface area contributed by atoms with Gasteiger partial charge in [0.05, 0.1) is 0 Å². The molecule has 6 nitrogen and oxygen atoms in total. The molecule has 0 aliphatic rings. The smallest absolute Gasteiger partial charge is 0.272 e. The molecule has 0 radical (unpaired) electrons. The Bertz CT molecular complexity index is 692. The molecule has 2 amide bonds. The van der Waals surface area contributed by atoms with E-state index >= 15 is 0 Å². The molecule has 1 heterocycles. The summed E-state index contributed by atoms with van der Waals surface area (Å²) < 4.78 is 1.48. The molecule has 2 rings (SSSR count). The van der Waals surface area contributed by atoms with Gasteiger partial charge in [0.1, 0.15) is 5.82 Å². The molecular formula is C17H20N4O2. The van der Waals surface area contributed by atoms with Crippen molar-refractivity contribution in [3.8, 4) is 0 Å². The van der Waals surface area contributed by atoms with Gasteiger partial charge in [0.15, 0.2) is 5.69 Å². The molecule has 0 bridgehead atoms. The lowest BCUT2D eigenvalue weighted by molar-refractivity contribution is -0.116. The molecule has 1 aromatic heterocycles. The number of carbonyl (C=O) groups excluding carboxylic acids is 2. The SMILES string of the molecule is C=CCNC(=O)c1cc(NC(=O)CCc2ccccc2)n(C)n1. The van der Waals surface area contributed by atoms with E-state index in [1.165, 1.54) is 4.68 Å². The number of rotatable bonds is 7. The molecule has 0 saturated heterocycles. The van der Waals surface area contributed by atoms with Crippen molar-refractivity contribution in [2.24, 2.45) is 7.05 Å². The van der Waals surface area contributed by atoms with Crippen LogP contribution in [-0.4, -0.2) is 28.1 Å². The molecule has 0 spiro atoms. The largest absolute Gasteiger partial charge is 0.347 e. The Morgan fingerprint density at radius 1 is 1.30 bits per heavy atom. The van der Waals surface area contributed by atoms with Gasteiger partial charge in [-0.25, -0.2) is 0 Å². The van der Waals surface area contributed by atoms with Crippen LogP contribution in [0, 0.1) is 0 Å². The summed E-state index contributed by atoms with van der Waals surface area (Å²) in [6, 6.07) is 11.4. The molecule has 120 valence electrons. The standard InChI is InChI=1S/C17H20N4O2/c1-3-11-18-17(23)14-12-15(21(2)20-14)19-16(22)10-9-13-7-5-4-6-8-13/h3-8,12H,1,9-11H2,2H3,(H,18,23)(H,19,22). The number of hydrogen-bond acceptors (Lipinski definition) is 3. The van der Waals surface area contributed by atoms with Gasteiger partial charge in [-0.05, 0) is 12.0 Å². The van der Waals surface area contributed by atoms with Crippen LogP contribution < -0.4 is 10.6 Å². The van der Waals surface area contributed by atoms with E-state index in [4.69, 9.17) is 0 Å². The second-order valence-electron chi connectivity index (χ2n) is 5.07. The van der Waals surface area contributed by atoms with Gasteiger partial charge in [0, 0.05) is 26.1 Å². The van der Waals surface area contributed by atoms with Gasteiger partial charge in [-0.1, -0.05) is 36.4 Å². The fourth-order valence-corrected chi connectivity index (χ4v) is 2.06. The summed E-state index contributed by atoms with van der Waals surface area (Å²) in [5, 5.41) is 9.51. The Kier molecular flexibility index (Phi) is 5.68. The molecule has 6 heteroatoms. The average molecular weight is 312 g/mol. The summed E-state index contributed by atoms with van der Waals surface area (Å²) in [5.41, 5.74) is 1.37. The normalized spacial score (nSPS) is 10.1. The van der Waals surface area contributed by atoms with Gasteiger partial charge in [0.2, 0.25) is 5.91 Å². The number of carbonyl (C=O) groups is 2. The van der Waals surface area contributed by atoms with E-state index < -0.39 is 0 Å². The summed E-state index contributed by atoms with van der Waals surface area (Å²) in [4.78, 5) is 23.8. The van der Waals surface area contributed by atoms with E-state index in [9.17, 15) is 9.59 Å². The first-order valence-corrected chi connectivity index (χ1v) is 7.37. The van der Waals surface area contributed by atoms with Crippen LogP contribution in [0.3, 0.4) is 0 Å². The molecule has 2 N–H and O–H groups in total. The van der Waals surface area contributed by atoms with Crippen LogP contribution in [0.1, 0.15) is 22.5 Å². The Labute approximate surface area is 135 Å². The van der Waals surface area contributed by atoms with E-state index in [2.05, 4.69) is 22.3 Å².